The molecule has 0 saturated heterocycles. The minimum Gasteiger partial charge on any atom is -0.339 e. The lowest BCUT2D eigenvalue weighted by molar-refractivity contribution is 0.0727. The van der Waals surface area contributed by atoms with Crippen LogP contribution in [-0.2, 0) is 5.75 Å². The highest BCUT2D eigenvalue weighted by molar-refractivity contribution is 7.98. The van der Waals surface area contributed by atoms with E-state index in [1.54, 1.807) is 23.1 Å². The minimum absolute atomic E-state index is 0.121. The molecule has 1 aliphatic carbocycles. The van der Waals surface area contributed by atoms with Gasteiger partial charge in [-0.1, -0.05) is 0 Å². The topological polar surface area (TPSA) is 33.2 Å². The average molecular weight is 347 g/mol. The Bertz CT molecular complexity index is 677. The lowest BCUT2D eigenvalue weighted by Gasteiger charge is -2.25. The molecule has 122 valence electrons. The highest BCUT2D eigenvalue weighted by Gasteiger charge is 2.32. The molecule has 23 heavy (non-hydrogen) atoms. The summed E-state index contributed by atoms with van der Waals surface area (Å²) in [6.07, 6.45) is 2.51. The number of amides is 1. The number of carbonyl (C=O) groups is 1. The van der Waals surface area contributed by atoms with Crippen LogP contribution in [0.25, 0.3) is 0 Å². The second-order valence-corrected chi connectivity index (χ2v) is 8.28. The Morgan fingerprint density at radius 3 is 2.65 bits per heavy atom. The Hall–Kier alpha value is -1.33. The minimum atomic E-state index is 0.121. The first-order valence-corrected chi connectivity index (χ1v) is 9.82. The van der Waals surface area contributed by atoms with Crippen molar-refractivity contribution in [1.29, 1.82) is 0 Å². The number of thioether (sulfide) groups is 1. The van der Waals surface area contributed by atoms with Gasteiger partial charge >= 0.3 is 0 Å². The Balaban J connectivity index is 1.58. The van der Waals surface area contributed by atoms with Crippen molar-refractivity contribution < 1.29 is 4.79 Å². The zero-order valence-electron chi connectivity index (χ0n) is 13.8. The first-order chi connectivity index (χ1) is 11.0. The molecule has 0 bridgehead atoms. The molecule has 0 spiro atoms. The molecule has 1 amide bonds. The summed E-state index contributed by atoms with van der Waals surface area (Å²) >= 11 is 3.44. The van der Waals surface area contributed by atoms with E-state index in [-0.39, 0.29) is 5.91 Å². The quantitative estimate of drug-likeness (QED) is 0.716. The normalized spacial score (nSPS) is 15.4. The standard InChI is InChI=1S/C18H22N2OS2/c1-12(14-4-5-14)20(3)18(21)15-6-8-17(9-7-15)23-11-16-10-22-13(2)19-16/h6-10,12,14H,4-5,11H2,1-3H3. The molecule has 5 heteroatoms. The highest BCUT2D eigenvalue weighted by Crippen LogP contribution is 2.35. The van der Waals surface area contributed by atoms with Crippen LogP contribution >= 0.6 is 23.1 Å². The summed E-state index contributed by atoms with van der Waals surface area (Å²) < 4.78 is 0. The Morgan fingerprint density at radius 2 is 2.09 bits per heavy atom. The molecule has 1 saturated carbocycles. The van der Waals surface area contributed by atoms with Crippen LogP contribution in [0, 0.1) is 12.8 Å². The zero-order chi connectivity index (χ0) is 16.4. The highest BCUT2D eigenvalue weighted by atomic mass is 32.2. The van der Waals surface area contributed by atoms with Gasteiger partial charge in [-0.05, 0) is 56.9 Å². The molecule has 0 N–H and O–H groups in total. The number of carbonyl (C=O) groups excluding carboxylic acids is 1. The van der Waals surface area contributed by atoms with E-state index in [2.05, 4.69) is 17.3 Å². The lowest BCUT2D eigenvalue weighted by Crippen LogP contribution is -2.36. The molecule has 1 fully saturated rings. The fraction of sp³-hybridized carbons (Fsp3) is 0.444. The molecule has 3 nitrogen and oxygen atoms in total. The van der Waals surface area contributed by atoms with E-state index in [0.29, 0.717) is 12.0 Å². The van der Waals surface area contributed by atoms with Gasteiger partial charge in [0.25, 0.3) is 5.91 Å². The lowest BCUT2D eigenvalue weighted by atomic mass is 10.1. The third-order valence-corrected chi connectivity index (χ3v) is 6.26. The van der Waals surface area contributed by atoms with Crippen LogP contribution in [0.4, 0.5) is 0 Å². The molecule has 1 atom stereocenters. The van der Waals surface area contributed by atoms with Crippen molar-refractivity contribution in [2.45, 2.75) is 43.4 Å². The predicted octanol–water partition coefficient (Wildman–Crippen LogP) is 4.61. The number of rotatable bonds is 6. The number of benzene rings is 1. The molecule has 3 rings (SSSR count). The first kappa shape index (κ1) is 16.5. The predicted molar refractivity (Wildman–Crippen MR) is 97.1 cm³/mol. The van der Waals surface area contributed by atoms with Crippen LogP contribution < -0.4 is 0 Å². The van der Waals surface area contributed by atoms with Crippen molar-refractivity contribution >= 4 is 29.0 Å². The van der Waals surface area contributed by atoms with Gasteiger partial charge in [-0.3, -0.25) is 4.79 Å². The van der Waals surface area contributed by atoms with Crippen LogP contribution in [0.3, 0.4) is 0 Å². The van der Waals surface area contributed by atoms with Crippen LogP contribution in [0.1, 0.15) is 40.8 Å². The third kappa shape index (κ3) is 4.15. The van der Waals surface area contributed by atoms with Crippen molar-refractivity contribution in [1.82, 2.24) is 9.88 Å². The van der Waals surface area contributed by atoms with Gasteiger partial charge in [0.1, 0.15) is 0 Å². The van der Waals surface area contributed by atoms with Gasteiger partial charge in [0.2, 0.25) is 0 Å². The van der Waals surface area contributed by atoms with Crippen LogP contribution in [0.2, 0.25) is 0 Å². The summed E-state index contributed by atoms with van der Waals surface area (Å²) in [5.41, 5.74) is 1.89. The Kier molecular flexibility index (Phi) is 5.07. The van der Waals surface area contributed by atoms with Crippen molar-refractivity contribution in [2.75, 3.05) is 7.05 Å². The van der Waals surface area contributed by atoms with E-state index >= 15 is 0 Å². The van der Waals surface area contributed by atoms with Gasteiger partial charge < -0.3 is 4.90 Å². The molecular formula is C18H22N2OS2. The fourth-order valence-electron chi connectivity index (χ4n) is 2.61. The Labute approximate surface area is 146 Å². The van der Waals surface area contributed by atoms with E-state index in [4.69, 9.17) is 0 Å². The van der Waals surface area contributed by atoms with E-state index in [9.17, 15) is 4.79 Å². The summed E-state index contributed by atoms with van der Waals surface area (Å²) in [7, 11) is 1.92. The summed E-state index contributed by atoms with van der Waals surface area (Å²) in [4.78, 5) is 20.1. The maximum absolute atomic E-state index is 12.5. The second kappa shape index (κ2) is 7.05. The van der Waals surface area contributed by atoms with E-state index in [1.807, 2.05) is 43.1 Å². The maximum Gasteiger partial charge on any atom is 0.253 e. The van der Waals surface area contributed by atoms with Gasteiger partial charge in [-0.15, -0.1) is 23.1 Å². The summed E-state index contributed by atoms with van der Waals surface area (Å²) in [5, 5.41) is 3.21. The number of aromatic nitrogens is 1. The van der Waals surface area contributed by atoms with E-state index in [1.165, 1.54) is 17.7 Å². The van der Waals surface area contributed by atoms with Gasteiger partial charge in [0, 0.05) is 34.7 Å². The number of hydrogen-bond donors (Lipinski definition) is 0. The Morgan fingerprint density at radius 1 is 1.39 bits per heavy atom. The monoisotopic (exact) mass is 346 g/mol. The molecular weight excluding hydrogens is 324 g/mol. The third-order valence-electron chi connectivity index (χ3n) is 4.39. The van der Waals surface area contributed by atoms with Crippen molar-refractivity contribution in [3.63, 3.8) is 0 Å². The van der Waals surface area contributed by atoms with Crippen LogP contribution in [0.5, 0.6) is 0 Å². The van der Waals surface area contributed by atoms with Crippen molar-refractivity contribution in [3.05, 3.63) is 45.9 Å². The second-order valence-electron chi connectivity index (χ2n) is 6.17. The molecule has 0 radical (unpaired) electrons. The SMILES string of the molecule is Cc1nc(CSc2ccc(C(=O)N(C)C(C)C3CC3)cc2)cs1. The van der Waals surface area contributed by atoms with E-state index in [0.717, 1.165) is 22.0 Å². The summed E-state index contributed by atoms with van der Waals surface area (Å²) in [6.45, 7) is 4.17. The van der Waals surface area contributed by atoms with E-state index < -0.39 is 0 Å². The number of aryl methyl sites for hydroxylation is 1. The van der Waals surface area contributed by atoms with Crippen molar-refractivity contribution in [3.8, 4) is 0 Å². The summed E-state index contributed by atoms with van der Waals surface area (Å²) in [5.74, 6) is 1.69. The molecule has 1 heterocycles. The molecule has 2 aromatic rings. The fourth-order valence-corrected chi connectivity index (χ4v) is 4.12. The number of nitrogens with zero attached hydrogens (tertiary/aromatic N) is 2. The largest absolute Gasteiger partial charge is 0.339 e. The average Bonchev–Trinajstić information content (AvgIpc) is 3.33. The summed E-state index contributed by atoms with van der Waals surface area (Å²) in [6, 6.07) is 8.28. The van der Waals surface area contributed by atoms with Crippen LogP contribution in [0.15, 0.2) is 34.5 Å². The smallest absolute Gasteiger partial charge is 0.253 e. The van der Waals surface area contributed by atoms with Crippen LogP contribution in [-0.4, -0.2) is 28.9 Å². The number of hydrogen-bond acceptors (Lipinski definition) is 4. The van der Waals surface area contributed by atoms with Crippen molar-refractivity contribution in [2.24, 2.45) is 5.92 Å². The maximum atomic E-state index is 12.5. The van der Waals surface area contributed by atoms with Gasteiger partial charge in [-0.25, -0.2) is 4.98 Å². The molecule has 1 unspecified atom stereocenters. The van der Waals surface area contributed by atoms with Gasteiger partial charge in [0.05, 0.1) is 10.7 Å². The zero-order valence-corrected chi connectivity index (χ0v) is 15.4. The molecule has 1 aromatic heterocycles. The van der Waals surface area contributed by atoms with Gasteiger partial charge in [-0.2, -0.15) is 0 Å². The first-order valence-electron chi connectivity index (χ1n) is 7.95. The number of thiazole rings is 1. The molecule has 0 aliphatic heterocycles. The molecule has 1 aliphatic rings. The molecule has 1 aromatic carbocycles. The van der Waals surface area contributed by atoms with Gasteiger partial charge in [0.15, 0.2) is 0 Å².